The topological polar surface area (TPSA) is 29.5 Å². The standard InChI is InChI=1S/C6H10O2/c7-6-4-2-1-3-5-8-6/h4,7H,1-3,5H2. The van der Waals surface area contributed by atoms with Gasteiger partial charge in [0.2, 0.25) is 0 Å². The summed E-state index contributed by atoms with van der Waals surface area (Å²) in [5.41, 5.74) is 0. The highest BCUT2D eigenvalue weighted by Gasteiger charge is 1.97. The Morgan fingerprint density at radius 3 is 3.25 bits per heavy atom. The first kappa shape index (κ1) is 5.48. The van der Waals surface area contributed by atoms with Crippen molar-refractivity contribution in [2.45, 2.75) is 19.3 Å². The zero-order chi connectivity index (χ0) is 5.82. The highest BCUT2D eigenvalue weighted by atomic mass is 16.6. The minimum atomic E-state index is 0.0995. The van der Waals surface area contributed by atoms with Crippen LogP contribution in [0.25, 0.3) is 0 Å². The molecule has 0 aromatic carbocycles. The molecule has 1 heterocycles. The van der Waals surface area contributed by atoms with Crippen LogP contribution >= 0.6 is 0 Å². The Balaban J connectivity index is 2.36. The van der Waals surface area contributed by atoms with E-state index in [4.69, 9.17) is 9.84 Å². The smallest absolute Gasteiger partial charge is 0.272 e. The fourth-order valence-corrected chi connectivity index (χ4v) is 0.708. The van der Waals surface area contributed by atoms with Crippen LogP contribution in [0.5, 0.6) is 0 Å². The van der Waals surface area contributed by atoms with E-state index in [2.05, 4.69) is 0 Å². The molecule has 1 rings (SSSR count). The van der Waals surface area contributed by atoms with Crippen LogP contribution in [0.1, 0.15) is 19.3 Å². The summed E-state index contributed by atoms with van der Waals surface area (Å²) in [6.07, 6.45) is 4.85. The molecule has 0 saturated heterocycles. The molecule has 0 aromatic heterocycles. The van der Waals surface area contributed by atoms with Gasteiger partial charge >= 0.3 is 0 Å². The van der Waals surface area contributed by atoms with Crippen molar-refractivity contribution in [1.82, 2.24) is 0 Å². The van der Waals surface area contributed by atoms with Crippen molar-refractivity contribution in [3.8, 4) is 0 Å². The van der Waals surface area contributed by atoms with E-state index < -0.39 is 0 Å². The lowest BCUT2D eigenvalue weighted by Gasteiger charge is -1.97. The minimum absolute atomic E-state index is 0.0995. The van der Waals surface area contributed by atoms with Crippen LogP contribution in [-0.2, 0) is 4.74 Å². The molecule has 0 radical (unpaired) electrons. The van der Waals surface area contributed by atoms with Crippen LogP contribution in [0.2, 0.25) is 0 Å². The first-order chi connectivity index (χ1) is 3.89. The molecule has 0 saturated carbocycles. The normalized spacial score (nSPS) is 20.8. The Labute approximate surface area is 48.8 Å². The molecule has 0 aromatic rings. The third kappa shape index (κ3) is 1.45. The highest BCUT2D eigenvalue weighted by Crippen LogP contribution is 2.06. The molecule has 0 aliphatic carbocycles. The van der Waals surface area contributed by atoms with Gasteiger partial charge < -0.3 is 9.84 Å². The van der Waals surface area contributed by atoms with E-state index in [0.29, 0.717) is 6.61 Å². The van der Waals surface area contributed by atoms with Gasteiger partial charge in [0.15, 0.2) is 0 Å². The van der Waals surface area contributed by atoms with Crippen molar-refractivity contribution in [3.05, 3.63) is 12.0 Å². The first-order valence-corrected chi connectivity index (χ1v) is 2.91. The molecule has 1 aliphatic heterocycles. The van der Waals surface area contributed by atoms with E-state index in [0.717, 1.165) is 19.3 Å². The maximum Gasteiger partial charge on any atom is 0.272 e. The van der Waals surface area contributed by atoms with E-state index in [9.17, 15) is 0 Å². The third-order valence-electron chi connectivity index (χ3n) is 1.17. The summed E-state index contributed by atoms with van der Waals surface area (Å²) in [4.78, 5) is 0. The molecule has 2 heteroatoms. The summed E-state index contributed by atoms with van der Waals surface area (Å²) < 4.78 is 4.82. The van der Waals surface area contributed by atoms with Crippen LogP contribution in [0.3, 0.4) is 0 Å². The maximum atomic E-state index is 8.73. The molecular weight excluding hydrogens is 104 g/mol. The van der Waals surface area contributed by atoms with Gasteiger partial charge in [-0.3, -0.25) is 0 Å². The van der Waals surface area contributed by atoms with Crippen molar-refractivity contribution < 1.29 is 9.84 Å². The second-order valence-corrected chi connectivity index (χ2v) is 1.89. The predicted molar refractivity (Wildman–Crippen MR) is 30.5 cm³/mol. The Hall–Kier alpha value is -0.660. The van der Waals surface area contributed by atoms with Gasteiger partial charge in [-0.2, -0.15) is 0 Å². The molecule has 0 bridgehead atoms. The van der Waals surface area contributed by atoms with E-state index in [1.807, 2.05) is 0 Å². The van der Waals surface area contributed by atoms with Crippen LogP contribution in [0.4, 0.5) is 0 Å². The van der Waals surface area contributed by atoms with Gasteiger partial charge in [-0.1, -0.05) is 0 Å². The third-order valence-corrected chi connectivity index (χ3v) is 1.17. The summed E-state index contributed by atoms with van der Waals surface area (Å²) in [7, 11) is 0. The largest absolute Gasteiger partial charge is 0.481 e. The van der Waals surface area contributed by atoms with Gasteiger partial charge in [0.25, 0.3) is 5.95 Å². The molecule has 46 valence electrons. The molecule has 0 atom stereocenters. The lowest BCUT2D eigenvalue weighted by molar-refractivity contribution is 0.0958. The van der Waals surface area contributed by atoms with Crippen LogP contribution in [-0.4, -0.2) is 11.7 Å². The van der Waals surface area contributed by atoms with Crippen molar-refractivity contribution >= 4 is 0 Å². The van der Waals surface area contributed by atoms with Gasteiger partial charge in [0.05, 0.1) is 6.61 Å². The summed E-state index contributed by atoms with van der Waals surface area (Å²) >= 11 is 0. The van der Waals surface area contributed by atoms with Gasteiger partial charge in [-0.05, 0) is 25.3 Å². The number of ether oxygens (including phenoxy) is 1. The predicted octanol–water partition coefficient (Wildman–Crippen LogP) is 1.59. The quantitative estimate of drug-likeness (QED) is 0.518. The van der Waals surface area contributed by atoms with Crippen LogP contribution < -0.4 is 0 Å². The number of rotatable bonds is 0. The number of aliphatic hydroxyl groups excluding tert-OH is 1. The molecule has 0 unspecified atom stereocenters. The van der Waals surface area contributed by atoms with Crippen molar-refractivity contribution in [1.29, 1.82) is 0 Å². The number of aliphatic hydroxyl groups is 1. The zero-order valence-corrected chi connectivity index (χ0v) is 4.76. The Morgan fingerprint density at radius 2 is 2.38 bits per heavy atom. The van der Waals surface area contributed by atoms with Crippen LogP contribution in [0, 0.1) is 0 Å². The van der Waals surface area contributed by atoms with Crippen molar-refractivity contribution in [3.63, 3.8) is 0 Å². The number of allylic oxidation sites excluding steroid dienone is 1. The van der Waals surface area contributed by atoms with Crippen molar-refractivity contribution in [2.24, 2.45) is 0 Å². The van der Waals surface area contributed by atoms with Crippen LogP contribution in [0.15, 0.2) is 12.0 Å². The van der Waals surface area contributed by atoms with E-state index in [1.54, 1.807) is 6.08 Å². The van der Waals surface area contributed by atoms with Crippen molar-refractivity contribution in [2.75, 3.05) is 6.61 Å². The molecule has 8 heavy (non-hydrogen) atoms. The minimum Gasteiger partial charge on any atom is -0.481 e. The summed E-state index contributed by atoms with van der Waals surface area (Å²) in [5.74, 6) is 0.0995. The second kappa shape index (κ2) is 2.60. The van der Waals surface area contributed by atoms with Gasteiger partial charge in [-0.15, -0.1) is 0 Å². The Kier molecular flexibility index (Phi) is 1.78. The fraction of sp³-hybridized carbons (Fsp3) is 0.667. The SMILES string of the molecule is OC1=CCCCCO1. The number of hydrogen-bond acceptors (Lipinski definition) is 2. The lowest BCUT2D eigenvalue weighted by Crippen LogP contribution is -1.89. The Morgan fingerprint density at radius 1 is 1.50 bits per heavy atom. The summed E-state index contributed by atoms with van der Waals surface area (Å²) in [6.45, 7) is 0.669. The molecule has 0 spiro atoms. The maximum absolute atomic E-state index is 8.73. The number of hydrogen-bond donors (Lipinski definition) is 1. The van der Waals surface area contributed by atoms with E-state index >= 15 is 0 Å². The zero-order valence-electron chi connectivity index (χ0n) is 4.76. The average molecular weight is 114 g/mol. The molecule has 0 amide bonds. The van der Waals surface area contributed by atoms with Gasteiger partial charge in [-0.25, -0.2) is 0 Å². The second-order valence-electron chi connectivity index (χ2n) is 1.89. The van der Waals surface area contributed by atoms with E-state index in [1.165, 1.54) is 0 Å². The molecule has 2 nitrogen and oxygen atoms in total. The summed E-state index contributed by atoms with van der Waals surface area (Å²) in [5, 5.41) is 8.73. The van der Waals surface area contributed by atoms with Gasteiger partial charge in [0, 0.05) is 0 Å². The molecular formula is C6H10O2. The first-order valence-electron chi connectivity index (χ1n) is 2.91. The average Bonchev–Trinajstić information content (AvgIpc) is 1.94. The Bertz CT molecular complexity index is 96.7. The van der Waals surface area contributed by atoms with Gasteiger partial charge in [0.1, 0.15) is 0 Å². The van der Waals surface area contributed by atoms with E-state index in [-0.39, 0.29) is 5.95 Å². The fourth-order valence-electron chi connectivity index (χ4n) is 0.708. The highest BCUT2D eigenvalue weighted by molar-refractivity contribution is 4.82. The monoisotopic (exact) mass is 114 g/mol. The summed E-state index contributed by atoms with van der Waals surface area (Å²) in [6, 6.07) is 0. The molecule has 1 aliphatic rings. The molecule has 1 N–H and O–H groups in total. The molecule has 0 fully saturated rings. The lowest BCUT2D eigenvalue weighted by atomic mass is 10.2.